The third kappa shape index (κ3) is 3.71. The number of hydrogen-bond donors (Lipinski definition) is 2. The summed E-state index contributed by atoms with van der Waals surface area (Å²) in [6.45, 7) is 0.558. The fourth-order valence-corrected chi connectivity index (χ4v) is 2.41. The Morgan fingerprint density at radius 3 is 3.00 bits per heavy atom. The van der Waals surface area contributed by atoms with Crippen molar-refractivity contribution in [2.75, 3.05) is 26.0 Å². The molecule has 0 fully saturated rings. The van der Waals surface area contributed by atoms with E-state index in [1.165, 1.54) is 0 Å². The van der Waals surface area contributed by atoms with E-state index in [2.05, 4.69) is 15.6 Å². The van der Waals surface area contributed by atoms with Crippen molar-refractivity contribution in [1.82, 2.24) is 10.3 Å². The zero-order chi connectivity index (χ0) is 14.4. The van der Waals surface area contributed by atoms with Crippen molar-refractivity contribution in [2.45, 2.75) is 6.42 Å². The first-order valence-electron chi connectivity index (χ1n) is 6.27. The second kappa shape index (κ2) is 6.91. The summed E-state index contributed by atoms with van der Waals surface area (Å²) in [6, 6.07) is 7.09. The molecule has 2 rings (SSSR count). The second-order valence-electron chi connectivity index (χ2n) is 4.13. The third-order valence-electron chi connectivity index (χ3n) is 2.76. The molecule has 1 aromatic heterocycles. The minimum absolute atomic E-state index is 0.104. The number of anilines is 1. The first-order valence-corrected chi connectivity index (χ1v) is 7.15. The SMILES string of the molecule is CNc1nc(CCNC(=O)c2cccc(OC)c2)cs1. The van der Waals surface area contributed by atoms with Gasteiger partial charge in [0.1, 0.15) is 5.75 Å². The number of carbonyl (C=O) groups excluding carboxylic acids is 1. The van der Waals surface area contributed by atoms with Gasteiger partial charge in [0.15, 0.2) is 5.13 Å². The van der Waals surface area contributed by atoms with Crippen LogP contribution in [0.15, 0.2) is 29.6 Å². The minimum Gasteiger partial charge on any atom is -0.497 e. The summed E-state index contributed by atoms with van der Waals surface area (Å²) in [4.78, 5) is 16.3. The molecule has 0 unspecified atom stereocenters. The van der Waals surface area contributed by atoms with E-state index < -0.39 is 0 Å². The largest absolute Gasteiger partial charge is 0.497 e. The average Bonchev–Trinajstić information content (AvgIpc) is 2.95. The van der Waals surface area contributed by atoms with Crippen LogP contribution in [0.25, 0.3) is 0 Å². The highest BCUT2D eigenvalue weighted by Gasteiger charge is 2.06. The number of amides is 1. The van der Waals surface area contributed by atoms with Crippen molar-refractivity contribution < 1.29 is 9.53 Å². The standard InChI is InChI=1S/C14H17N3O2S/c1-15-14-17-11(9-20-14)6-7-16-13(18)10-4-3-5-12(8-10)19-2/h3-5,8-9H,6-7H2,1-2H3,(H,15,17)(H,16,18). The Balaban J connectivity index is 1.85. The maximum absolute atomic E-state index is 12.0. The number of aromatic nitrogens is 1. The highest BCUT2D eigenvalue weighted by Crippen LogP contribution is 2.15. The predicted molar refractivity (Wildman–Crippen MR) is 80.7 cm³/mol. The number of carbonyl (C=O) groups is 1. The van der Waals surface area contributed by atoms with Gasteiger partial charge in [-0.05, 0) is 18.2 Å². The molecule has 1 heterocycles. The van der Waals surface area contributed by atoms with Crippen LogP contribution in [-0.2, 0) is 6.42 Å². The number of hydrogen-bond acceptors (Lipinski definition) is 5. The van der Waals surface area contributed by atoms with Crippen LogP contribution in [0.2, 0.25) is 0 Å². The molecule has 0 aliphatic heterocycles. The molecule has 0 radical (unpaired) electrons. The van der Waals surface area contributed by atoms with Gasteiger partial charge in [0.2, 0.25) is 0 Å². The molecule has 0 bridgehead atoms. The topological polar surface area (TPSA) is 63.2 Å². The molecule has 0 atom stereocenters. The molecule has 0 aliphatic carbocycles. The third-order valence-corrected chi connectivity index (χ3v) is 3.67. The molecule has 2 N–H and O–H groups in total. The number of nitrogens with zero attached hydrogens (tertiary/aromatic N) is 1. The van der Waals surface area contributed by atoms with Crippen molar-refractivity contribution in [3.05, 3.63) is 40.9 Å². The Bertz CT molecular complexity index is 583. The van der Waals surface area contributed by atoms with Crippen LogP contribution in [0.3, 0.4) is 0 Å². The van der Waals surface area contributed by atoms with Gasteiger partial charge in [-0.25, -0.2) is 4.98 Å². The van der Waals surface area contributed by atoms with E-state index in [0.717, 1.165) is 10.8 Å². The number of rotatable bonds is 6. The van der Waals surface area contributed by atoms with Crippen LogP contribution in [0, 0.1) is 0 Å². The van der Waals surface area contributed by atoms with Gasteiger partial charge < -0.3 is 15.4 Å². The van der Waals surface area contributed by atoms with Gasteiger partial charge in [-0.15, -0.1) is 11.3 Å². The summed E-state index contributed by atoms with van der Waals surface area (Å²) in [5, 5.41) is 8.74. The molecular weight excluding hydrogens is 274 g/mol. The van der Waals surface area contributed by atoms with Gasteiger partial charge in [-0.3, -0.25) is 4.79 Å². The van der Waals surface area contributed by atoms with Crippen molar-refractivity contribution in [2.24, 2.45) is 0 Å². The Labute approximate surface area is 122 Å². The van der Waals surface area contributed by atoms with Crippen LogP contribution in [0.4, 0.5) is 5.13 Å². The zero-order valence-electron chi connectivity index (χ0n) is 11.5. The molecular formula is C14H17N3O2S. The summed E-state index contributed by atoms with van der Waals surface area (Å²) < 4.78 is 5.10. The zero-order valence-corrected chi connectivity index (χ0v) is 12.3. The first kappa shape index (κ1) is 14.3. The highest BCUT2D eigenvalue weighted by molar-refractivity contribution is 7.13. The number of ether oxygens (including phenoxy) is 1. The van der Waals surface area contributed by atoms with Gasteiger partial charge in [-0.1, -0.05) is 6.07 Å². The number of benzene rings is 1. The number of methoxy groups -OCH3 is 1. The lowest BCUT2D eigenvalue weighted by molar-refractivity contribution is 0.0953. The lowest BCUT2D eigenvalue weighted by atomic mass is 10.2. The predicted octanol–water partition coefficient (Wildman–Crippen LogP) is 2.17. The van der Waals surface area contributed by atoms with Crippen LogP contribution in [-0.4, -0.2) is 31.6 Å². The van der Waals surface area contributed by atoms with E-state index in [1.807, 2.05) is 18.5 Å². The maximum Gasteiger partial charge on any atom is 0.251 e. The Kier molecular flexibility index (Phi) is 4.95. The van der Waals surface area contributed by atoms with Crippen molar-refractivity contribution >= 4 is 22.4 Å². The molecule has 106 valence electrons. The van der Waals surface area contributed by atoms with E-state index in [9.17, 15) is 4.79 Å². The molecule has 5 nitrogen and oxygen atoms in total. The molecule has 0 spiro atoms. The first-order chi connectivity index (χ1) is 9.72. The van der Waals surface area contributed by atoms with Gasteiger partial charge >= 0.3 is 0 Å². The van der Waals surface area contributed by atoms with Crippen molar-refractivity contribution in [3.63, 3.8) is 0 Å². The Morgan fingerprint density at radius 1 is 1.45 bits per heavy atom. The summed E-state index contributed by atoms with van der Waals surface area (Å²) in [5.41, 5.74) is 1.57. The van der Waals surface area contributed by atoms with Gasteiger partial charge in [0.05, 0.1) is 12.8 Å². The highest BCUT2D eigenvalue weighted by atomic mass is 32.1. The molecule has 0 aliphatic rings. The molecule has 20 heavy (non-hydrogen) atoms. The van der Waals surface area contributed by atoms with E-state index in [4.69, 9.17) is 4.74 Å². The van der Waals surface area contributed by atoms with Gasteiger partial charge in [0, 0.05) is 31.0 Å². The van der Waals surface area contributed by atoms with E-state index in [0.29, 0.717) is 24.3 Å². The molecule has 2 aromatic rings. The normalized spacial score (nSPS) is 10.1. The van der Waals surface area contributed by atoms with E-state index >= 15 is 0 Å². The fourth-order valence-electron chi connectivity index (χ4n) is 1.71. The summed E-state index contributed by atoms with van der Waals surface area (Å²) in [7, 11) is 3.42. The fraction of sp³-hybridized carbons (Fsp3) is 0.286. The Morgan fingerprint density at radius 2 is 2.30 bits per heavy atom. The monoisotopic (exact) mass is 291 g/mol. The smallest absolute Gasteiger partial charge is 0.251 e. The lowest BCUT2D eigenvalue weighted by Crippen LogP contribution is -2.25. The van der Waals surface area contributed by atoms with E-state index in [-0.39, 0.29) is 5.91 Å². The lowest BCUT2D eigenvalue weighted by Gasteiger charge is -2.05. The molecule has 1 amide bonds. The van der Waals surface area contributed by atoms with Crippen LogP contribution >= 0.6 is 11.3 Å². The van der Waals surface area contributed by atoms with Crippen molar-refractivity contribution in [1.29, 1.82) is 0 Å². The second-order valence-corrected chi connectivity index (χ2v) is 4.99. The maximum atomic E-state index is 12.0. The summed E-state index contributed by atoms with van der Waals surface area (Å²) in [5.74, 6) is 0.573. The number of nitrogens with one attached hydrogen (secondary N) is 2. The number of thiazole rings is 1. The minimum atomic E-state index is -0.104. The molecule has 6 heteroatoms. The average molecular weight is 291 g/mol. The van der Waals surface area contributed by atoms with Crippen molar-refractivity contribution in [3.8, 4) is 5.75 Å². The quantitative estimate of drug-likeness (QED) is 0.856. The molecule has 0 saturated heterocycles. The van der Waals surface area contributed by atoms with Crippen LogP contribution in [0.5, 0.6) is 5.75 Å². The van der Waals surface area contributed by atoms with Crippen LogP contribution in [0.1, 0.15) is 16.1 Å². The van der Waals surface area contributed by atoms with Crippen LogP contribution < -0.4 is 15.4 Å². The summed E-state index contributed by atoms with van der Waals surface area (Å²) in [6.07, 6.45) is 0.716. The molecule has 0 saturated carbocycles. The van der Waals surface area contributed by atoms with E-state index in [1.54, 1.807) is 36.6 Å². The summed E-state index contributed by atoms with van der Waals surface area (Å²) >= 11 is 1.56. The van der Waals surface area contributed by atoms with Gasteiger partial charge in [-0.2, -0.15) is 0 Å². The Hall–Kier alpha value is -2.08. The molecule has 1 aromatic carbocycles. The van der Waals surface area contributed by atoms with Gasteiger partial charge in [0.25, 0.3) is 5.91 Å².